The standard InChI is InChI=1S/C19H21N3O3S/c1-13-17(14(2)21-19(23)18(13)12-20)11-15-5-7-16(8-6-15)26(24,25)22-9-3-4-10-22/h5-8H,3-4,9-11H2,1-2H3,(H,21,23). The highest BCUT2D eigenvalue weighted by Gasteiger charge is 2.26. The molecule has 1 aliphatic rings. The summed E-state index contributed by atoms with van der Waals surface area (Å²) in [7, 11) is -3.42. The van der Waals surface area contributed by atoms with E-state index in [1.807, 2.05) is 6.07 Å². The van der Waals surface area contributed by atoms with Crippen LogP contribution in [-0.2, 0) is 16.4 Å². The second-order valence-corrected chi connectivity index (χ2v) is 8.54. The second-order valence-electron chi connectivity index (χ2n) is 6.60. The van der Waals surface area contributed by atoms with Gasteiger partial charge in [-0.05, 0) is 61.9 Å². The zero-order valence-corrected chi connectivity index (χ0v) is 15.7. The number of H-pyrrole nitrogens is 1. The predicted molar refractivity (Wildman–Crippen MR) is 98.5 cm³/mol. The molecule has 0 unspecified atom stereocenters. The van der Waals surface area contributed by atoms with Crippen molar-refractivity contribution in [2.75, 3.05) is 13.1 Å². The lowest BCUT2D eigenvalue weighted by Crippen LogP contribution is -2.27. The number of aryl methyl sites for hydroxylation is 1. The van der Waals surface area contributed by atoms with Crippen LogP contribution in [0, 0.1) is 25.2 Å². The predicted octanol–water partition coefficient (Wildman–Crippen LogP) is 2.24. The van der Waals surface area contributed by atoms with E-state index in [-0.39, 0.29) is 11.1 Å². The van der Waals surface area contributed by atoms with E-state index in [0.29, 0.717) is 30.0 Å². The van der Waals surface area contributed by atoms with E-state index in [4.69, 9.17) is 5.26 Å². The Balaban J connectivity index is 1.89. The first-order valence-corrected chi connectivity index (χ1v) is 10.00. The van der Waals surface area contributed by atoms with Crippen molar-refractivity contribution in [2.45, 2.75) is 38.0 Å². The molecule has 1 N–H and O–H groups in total. The third-order valence-corrected chi connectivity index (χ3v) is 6.84. The molecule has 1 saturated heterocycles. The van der Waals surface area contributed by atoms with E-state index in [1.165, 1.54) is 4.31 Å². The SMILES string of the molecule is Cc1[nH]c(=O)c(C#N)c(C)c1Cc1ccc(S(=O)(=O)N2CCCC2)cc1. The molecule has 2 heterocycles. The summed E-state index contributed by atoms with van der Waals surface area (Å²) < 4.78 is 26.7. The molecular weight excluding hydrogens is 350 g/mol. The van der Waals surface area contributed by atoms with Crippen LogP contribution in [0.3, 0.4) is 0 Å². The number of nitriles is 1. The fourth-order valence-corrected chi connectivity index (χ4v) is 4.89. The summed E-state index contributed by atoms with van der Waals surface area (Å²) >= 11 is 0. The van der Waals surface area contributed by atoms with Crippen LogP contribution < -0.4 is 5.56 Å². The molecule has 136 valence electrons. The summed E-state index contributed by atoms with van der Waals surface area (Å²) in [5.74, 6) is 0. The highest BCUT2D eigenvalue weighted by molar-refractivity contribution is 7.89. The van der Waals surface area contributed by atoms with E-state index < -0.39 is 10.0 Å². The molecule has 0 bridgehead atoms. The summed E-state index contributed by atoms with van der Waals surface area (Å²) in [6.07, 6.45) is 2.33. The lowest BCUT2D eigenvalue weighted by molar-refractivity contribution is 0.477. The Morgan fingerprint density at radius 1 is 1.15 bits per heavy atom. The molecule has 0 aliphatic carbocycles. The Bertz CT molecular complexity index is 1030. The lowest BCUT2D eigenvalue weighted by Gasteiger charge is -2.16. The van der Waals surface area contributed by atoms with Gasteiger partial charge in [0, 0.05) is 18.8 Å². The zero-order chi connectivity index (χ0) is 18.9. The molecule has 1 aromatic carbocycles. The van der Waals surface area contributed by atoms with Crippen molar-refractivity contribution in [1.82, 2.24) is 9.29 Å². The van der Waals surface area contributed by atoms with Gasteiger partial charge in [-0.3, -0.25) is 4.79 Å². The molecule has 26 heavy (non-hydrogen) atoms. The van der Waals surface area contributed by atoms with Gasteiger partial charge in [-0.25, -0.2) is 8.42 Å². The number of rotatable bonds is 4. The number of aromatic amines is 1. The van der Waals surface area contributed by atoms with Crippen LogP contribution >= 0.6 is 0 Å². The minimum absolute atomic E-state index is 0.124. The molecule has 0 amide bonds. The number of benzene rings is 1. The Morgan fingerprint density at radius 2 is 1.77 bits per heavy atom. The molecule has 7 heteroatoms. The fraction of sp³-hybridized carbons (Fsp3) is 0.368. The first kappa shape index (κ1) is 18.4. The van der Waals surface area contributed by atoms with Crippen LogP contribution in [0.1, 0.15) is 40.8 Å². The van der Waals surface area contributed by atoms with E-state index >= 15 is 0 Å². The van der Waals surface area contributed by atoms with Gasteiger partial charge in [0.15, 0.2) is 0 Å². The first-order valence-electron chi connectivity index (χ1n) is 8.56. The largest absolute Gasteiger partial charge is 0.325 e. The van der Waals surface area contributed by atoms with Crippen LogP contribution in [0.5, 0.6) is 0 Å². The molecule has 0 atom stereocenters. The maximum absolute atomic E-state index is 12.6. The quantitative estimate of drug-likeness (QED) is 0.892. The molecular formula is C19H21N3O3S. The lowest BCUT2D eigenvalue weighted by atomic mass is 9.97. The van der Waals surface area contributed by atoms with Gasteiger partial charge in [-0.15, -0.1) is 0 Å². The van der Waals surface area contributed by atoms with Crippen molar-refractivity contribution in [3.8, 4) is 6.07 Å². The van der Waals surface area contributed by atoms with E-state index in [0.717, 1.165) is 29.7 Å². The molecule has 0 radical (unpaired) electrons. The molecule has 6 nitrogen and oxygen atoms in total. The molecule has 0 saturated carbocycles. The van der Waals surface area contributed by atoms with Gasteiger partial charge >= 0.3 is 0 Å². The molecule has 1 aromatic heterocycles. The van der Waals surface area contributed by atoms with Crippen LogP contribution in [0.4, 0.5) is 0 Å². The highest BCUT2D eigenvalue weighted by Crippen LogP contribution is 2.23. The van der Waals surface area contributed by atoms with Gasteiger partial charge in [0.2, 0.25) is 10.0 Å². The Kier molecular flexibility index (Phi) is 4.99. The van der Waals surface area contributed by atoms with Gasteiger partial charge in [0.25, 0.3) is 5.56 Å². The average molecular weight is 371 g/mol. The third-order valence-electron chi connectivity index (χ3n) is 4.93. The molecule has 0 spiro atoms. The van der Waals surface area contributed by atoms with Crippen molar-refractivity contribution < 1.29 is 8.42 Å². The Hall–Kier alpha value is -2.43. The molecule has 3 rings (SSSR count). The number of nitrogens with zero attached hydrogens (tertiary/aromatic N) is 2. The smallest absolute Gasteiger partial charge is 0.266 e. The van der Waals surface area contributed by atoms with Crippen molar-refractivity contribution >= 4 is 10.0 Å². The van der Waals surface area contributed by atoms with Gasteiger partial charge in [0.1, 0.15) is 11.6 Å². The van der Waals surface area contributed by atoms with E-state index in [9.17, 15) is 13.2 Å². The average Bonchev–Trinajstić information content (AvgIpc) is 3.15. The van der Waals surface area contributed by atoms with Gasteiger partial charge in [0.05, 0.1) is 4.90 Å². The minimum atomic E-state index is -3.42. The zero-order valence-electron chi connectivity index (χ0n) is 14.9. The molecule has 1 fully saturated rings. The maximum atomic E-state index is 12.6. The molecule has 2 aromatic rings. The Morgan fingerprint density at radius 3 is 2.35 bits per heavy atom. The van der Waals surface area contributed by atoms with Crippen molar-refractivity contribution in [2.24, 2.45) is 0 Å². The number of hydrogen-bond acceptors (Lipinski definition) is 4. The van der Waals surface area contributed by atoms with E-state index in [1.54, 1.807) is 38.1 Å². The number of nitrogens with one attached hydrogen (secondary N) is 1. The van der Waals surface area contributed by atoms with Gasteiger partial charge < -0.3 is 4.98 Å². The molecule has 1 aliphatic heterocycles. The maximum Gasteiger partial charge on any atom is 0.266 e. The fourth-order valence-electron chi connectivity index (χ4n) is 3.37. The van der Waals surface area contributed by atoms with Crippen molar-refractivity contribution in [3.63, 3.8) is 0 Å². The Labute approximate surface area is 153 Å². The number of sulfonamides is 1. The summed E-state index contributed by atoms with van der Waals surface area (Å²) in [6, 6.07) is 8.79. The topological polar surface area (TPSA) is 94.0 Å². The van der Waals surface area contributed by atoms with Gasteiger partial charge in [-0.2, -0.15) is 9.57 Å². The monoisotopic (exact) mass is 371 g/mol. The van der Waals surface area contributed by atoms with Crippen LogP contribution in [0.2, 0.25) is 0 Å². The summed E-state index contributed by atoms with van der Waals surface area (Å²) in [6.45, 7) is 4.73. The summed E-state index contributed by atoms with van der Waals surface area (Å²) in [5.41, 5.74) is 2.95. The van der Waals surface area contributed by atoms with E-state index in [2.05, 4.69) is 4.98 Å². The number of pyridine rings is 1. The second kappa shape index (κ2) is 7.06. The normalized spacial score (nSPS) is 15.1. The number of hydrogen-bond donors (Lipinski definition) is 1. The first-order chi connectivity index (χ1) is 12.3. The van der Waals surface area contributed by atoms with Crippen LogP contribution in [0.25, 0.3) is 0 Å². The van der Waals surface area contributed by atoms with Crippen LogP contribution in [0.15, 0.2) is 34.0 Å². The van der Waals surface area contributed by atoms with Gasteiger partial charge in [-0.1, -0.05) is 12.1 Å². The van der Waals surface area contributed by atoms with Crippen molar-refractivity contribution in [1.29, 1.82) is 5.26 Å². The third kappa shape index (κ3) is 3.30. The highest BCUT2D eigenvalue weighted by atomic mass is 32.2. The minimum Gasteiger partial charge on any atom is -0.325 e. The summed E-state index contributed by atoms with van der Waals surface area (Å²) in [5, 5.41) is 9.17. The van der Waals surface area contributed by atoms with Crippen molar-refractivity contribution in [3.05, 3.63) is 62.6 Å². The number of aromatic nitrogens is 1. The van der Waals surface area contributed by atoms with Crippen LogP contribution in [-0.4, -0.2) is 30.8 Å². The summed E-state index contributed by atoms with van der Waals surface area (Å²) in [4.78, 5) is 14.8.